The molecule has 6 nitrogen and oxygen atoms in total. The SMILES string of the molecule is CCCCC/C=C\C/C=C\C/C=C\CCCCCCCCC(=O)OC[C@@H](COC(=O)CCCCCCC/C=C\C/C=C\CCCCC)OC(=O)CCCCCCCCCCCCCCCCCC. The summed E-state index contributed by atoms with van der Waals surface area (Å²) in [4.78, 5) is 38.2. The molecule has 0 aromatic heterocycles. The molecule has 0 fully saturated rings. The smallest absolute Gasteiger partial charge is 0.306 e. The van der Waals surface area contributed by atoms with E-state index >= 15 is 0 Å². The first kappa shape index (κ1) is 65.1. The molecule has 68 heavy (non-hydrogen) atoms. The number of hydrogen-bond donors (Lipinski definition) is 0. The van der Waals surface area contributed by atoms with E-state index in [1.54, 1.807) is 0 Å². The summed E-state index contributed by atoms with van der Waals surface area (Å²) in [6.07, 6.45) is 70.6. The van der Waals surface area contributed by atoms with Crippen molar-refractivity contribution in [3.05, 3.63) is 60.8 Å². The average Bonchev–Trinajstić information content (AvgIpc) is 3.34. The van der Waals surface area contributed by atoms with Gasteiger partial charge in [-0.1, -0.05) is 248 Å². The van der Waals surface area contributed by atoms with Crippen LogP contribution in [0.5, 0.6) is 0 Å². The lowest BCUT2D eigenvalue weighted by Gasteiger charge is -2.18. The van der Waals surface area contributed by atoms with Crippen LogP contribution in [0.2, 0.25) is 0 Å². The van der Waals surface area contributed by atoms with Crippen LogP contribution < -0.4 is 0 Å². The molecular weight excluding hydrogens is 841 g/mol. The van der Waals surface area contributed by atoms with E-state index in [0.717, 1.165) is 96.3 Å². The van der Waals surface area contributed by atoms with Gasteiger partial charge in [0.05, 0.1) is 0 Å². The molecule has 0 aliphatic rings. The predicted octanol–water partition coefficient (Wildman–Crippen LogP) is 19.6. The number of carbonyl (C=O) groups is 3. The van der Waals surface area contributed by atoms with Gasteiger partial charge in [-0.3, -0.25) is 14.4 Å². The molecule has 1 atom stereocenters. The third-order valence-electron chi connectivity index (χ3n) is 12.7. The summed E-state index contributed by atoms with van der Waals surface area (Å²) in [5, 5.41) is 0. The fraction of sp³-hybridized carbons (Fsp3) is 0.790. The largest absolute Gasteiger partial charge is 0.462 e. The molecule has 0 amide bonds. The Labute approximate surface area is 421 Å². The van der Waals surface area contributed by atoms with Crippen molar-refractivity contribution >= 4 is 17.9 Å². The van der Waals surface area contributed by atoms with Crippen LogP contribution in [0, 0.1) is 0 Å². The minimum absolute atomic E-state index is 0.0833. The van der Waals surface area contributed by atoms with E-state index in [4.69, 9.17) is 14.2 Å². The minimum atomic E-state index is -0.784. The van der Waals surface area contributed by atoms with E-state index in [9.17, 15) is 14.4 Å². The maximum absolute atomic E-state index is 12.9. The van der Waals surface area contributed by atoms with E-state index in [1.807, 2.05) is 0 Å². The van der Waals surface area contributed by atoms with Gasteiger partial charge in [0, 0.05) is 19.3 Å². The van der Waals surface area contributed by atoms with Gasteiger partial charge >= 0.3 is 17.9 Å². The van der Waals surface area contributed by atoms with Crippen LogP contribution in [0.1, 0.15) is 297 Å². The Bertz CT molecular complexity index is 1230. The second-order valence-corrected chi connectivity index (χ2v) is 19.6. The number of hydrogen-bond acceptors (Lipinski definition) is 6. The quantitative estimate of drug-likeness (QED) is 0.0262. The van der Waals surface area contributed by atoms with Crippen molar-refractivity contribution in [2.75, 3.05) is 13.2 Å². The molecule has 394 valence electrons. The molecule has 6 heteroatoms. The van der Waals surface area contributed by atoms with Gasteiger partial charge in [-0.15, -0.1) is 0 Å². The molecule has 0 spiro atoms. The molecule has 0 N–H and O–H groups in total. The topological polar surface area (TPSA) is 78.9 Å². The van der Waals surface area contributed by atoms with E-state index < -0.39 is 6.10 Å². The van der Waals surface area contributed by atoms with Crippen LogP contribution in [0.4, 0.5) is 0 Å². The average molecular weight is 952 g/mol. The highest BCUT2D eigenvalue weighted by Crippen LogP contribution is 2.16. The van der Waals surface area contributed by atoms with Gasteiger partial charge in [0.2, 0.25) is 0 Å². The summed E-state index contributed by atoms with van der Waals surface area (Å²) in [7, 11) is 0. The predicted molar refractivity (Wildman–Crippen MR) is 293 cm³/mol. The fourth-order valence-corrected chi connectivity index (χ4v) is 8.30. The molecule has 0 aliphatic carbocycles. The Hall–Kier alpha value is -2.89. The molecule has 0 bridgehead atoms. The molecule has 0 aliphatic heterocycles. The highest BCUT2D eigenvalue weighted by atomic mass is 16.6. The maximum Gasteiger partial charge on any atom is 0.306 e. The number of carbonyl (C=O) groups excluding carboxylic acids is 3. The zero-order valence-corrected chi connectivity index (χ0v) is 45.1. The van der Waals surface area contributed by atoms with Crippen LogP contribution >= 0.6 is 0 Å². The zero-order valence-electron chi connectivity index (χ0n) is 45.1. The Morgan fingerprint density at radius 3 is 0.853 bits per heavy atom. The highest BCUT2D eigenvalue weighted by Gasteiger charge is 2.19. The standard InChI is InChI=1S/C62H110O6/c1-4-7-10-13-16-19-22-25-28-30-31-32-35-37-40-43-46-49-52-55-61(64)67-58-59(57-66-60(63)54-51-48-45-42-39-36-33-27-24-21-18-15-12-9-6-3)68-62(65)56-53-50-47-44-41-38-34-29-26-23-20-17-14-11-8-5-2/h16,18-19,21,25,27-28,31-33,59H,4-15,17,20,22-24,26,29-30,34-58H2,1-3H3/b19-16-,21-18-,28-25-,32-31-,33-27-/t59-/m1/s1. The number of esters is 3. The van der Waals surface area contributed by atoms with Crippen molar-refractivity contribution in [1.82, 2.24) is 0 Å². The lowest BCUT2D eigenvalue weighted by atomic mass is 10.0. The van der Waals surface area contributed by atoms with Gasteiger partial charge in [0.15, 0.2) is 6.10 Å². The Balaban J connectivity index is 4.40. The minimum Gasteiger partial charge on any atom is -0.462 e. The summed E-state index contributed by atoms with van der Waals surface area (Å²) < 4.78 is 16.9. The van der Waals surface area contributed by atoms with Crippen molar-refractivity contribution in [2.24, 2.45) is 0 Å². The second-order valence-electron chi connectivity index (χ2n) is 19.6. The van der Waals surface area contributed by atoms with Crippen molar-refractivity contribution in [1.29, 1.82) is 0 Å². The molecule has 0 rings (SSSR count). The monoisotopic (exact) mass is 951 g/mol. The van der Waals surface area contributed by atoms with E-state index in [-0.39, 0.29) is 31.1 Å². The highest BCUT2D eigenvalue weighted by molar-refractivity contribution is 5.71. The van der Waals surface area contributed by atoms with Gasteiger partial charge in [0.1, 0.15) is 13.2 Å². The molecule has 0 aromatic carbocycles. The fourth-order valence-electron chi connectivity index (χ4n) is 8.30. The maximum atomic E-state index is 12.9. The van der Waals surface area contributed by atoms with Gasteiger partial charge < -0.3 is 14.2 Å². The van der Waals surface area contributed by atoms with E-state index in [0.29, 0.717) is 19.3 Å². The molecule has 0 radical (unpaired) electrons. The van der Waals surface area contributed by atoms with Crippen LogP contribution in [0.25, 0.3) is 0 Å². The number of unbranched alkanes of at least 4 members (excludes halogenated alkanes) is 32. The summed E-state index contributed by atoms with van der Waals surface area (Å²) in [6.45, 7) is 6.59. The molecule has 0 saturated heterocycles. The lowest BCUT2D eigenvalue weighted by molar-refractivity contribution is -0.167. The summed E-state index contributed by atoms with van der Waals surface area (Å²) in [5.41, 5.74) is 0. The third-order valence-corrected chi connectivity index (χ3v) is 12.7. The van der Waals surface area contributed by atoms with Crippen LogP contribution in [-0.2, 0) is 28.6 Å². The van der Waals surface area contributed by atoms with E-state index in [2.05, 4.69) is 81.5 Å². The number of allylic oxidation sites excluding steroid dienone is 10. The Kier molecular flexibility index (Phi) is 54.3. The molecule has 0 aromatic rings. The van der Waals surface area contributed by atoms with Gasteiger partial charge in [0.25, 0.3) is 0 Å². The van der Waals surface area contributed by atoms with Crippen LogP contribution in [-0.4, -0.2) is 37.2 Å². The molecule has 0 unspecified atom stereocenters. The second kappa shape index (κ2) is 56.7. The van der Waals surface area contributed by atoms with Gasteiger partial charge in [-0.05, 0) is 89.9 Å². The third kappa shape index (κ3) is 54.1. The van der Waals surface area contributed by atoms with Crippen molar-refractivity contribution < 1.29 is 28.6 Å². The Morgan fingerprint density at radius 1 is 0.294 bits per heavy atom. The summed E-state index contributed by atoms with van der Waals surface area (Å²) in [5.74, 6) is -0.895. The van der Waals surface area contributed by atoms with Crippen molar-refractivity contribution in [3.63, 3.8) is 0 Å². The normalized spacial score (nSPS) is 12.5. The molecule has 0 heterocycles. The van der Waals surface area contributed by atoms with Gasteiger partial charge in [-0.2, -0.15) is 0 Å². The van der Waals surface area contributed by atoms with Crippen LogP contribution in [0.15, 0.2) is 60.8 Å². The summed E-state index contributed by atoms with van der Waals surface area (Å²) in [6, 6.07) is 0. The summed E-state index contributed by atoms with van der Waals surface area (Å²) >= 11 is 0. The first-order chi connectivity index (χ1) is 33.5. The van der Waals surface area contributed by atoms with Gasteiger partial charge in [-0.25, -0.2) is 0 Å². The van der Waals surface area contributed by atoms with Crippen molar-refractivity contribution in [2.45, 2.75) is 303 Å². The first-order valence-electron chi connectivity index (χ1n) is 29.3. The zero-order chi connectivity index (χ0) is 49.3. The molecular formula is C62H110O6. The lowest BCUT2D eigenvalue weighted by Crippen LogP contribution is -2.30. The Morgan fingerprint density at radius 2 is 0.529 bits per heavy atom. The number of rotatable bonds is 53. The van der Waals surface area contributed by atoms with E-state index in [1.165, 1.54) is 161 Å². The first-order valence-corrected chi connectivity index (χ1v) is 29.3. The van der Waals surface area contributed by atoms with Crippen molar-refractivity contribution in [3.8, 4) is 0 Å². The molecule has 0 saturated carbocycles. The number of ether oxygens (including phenoxy) is 3. The van der Waals surface area contributed by atoms with Crippen LogP contribution in [0.3, 0.4) is 0 Å².